The van der Waals surface area contributed by atoms with E-state index >= 15 is 0 Å². The summed E-state index contributed by atoms with van der Waals surface area (Å²) < 4.78 is 25.6. The standard InChI is InChI=1S/C15H16N2O3S2/c18-15(14-4-3-10-21-14)16-12-5-7-13(8-6-12)17-9-1-2-11-22(17,19)20/h3-8,10H,1-2,9,11H2,(H,16,18). The summed E-state index contributed by atoms with van der Waals surface area (Å²) in [7, 11) is -3.20. The Labute approximate surface area is 133 Å². The summed E-state index contributed by atoms with van der Waals surface area (Å²) in [6.45, 7) is 0.517. The largest absolute Gasteiger partial charge is 0.321 e. The number of hydrogen-bond acceptors (Lipinski definition) is 4. The van der Waals surface area contributed by atoms with Crippen LogP contribution in [0.1, 0.15) is 22.5 Å². The maximum atomic E-state index is 12.1. The predicted octanol–water partition coefficient (Wildman–Crippen LogP) is 2.93. The lowest BCUT2D eigenvalue weighted by Gasteiger charge is -2.28. The maximum absolute atomic E-state index is 12.1. The van der Waals surface area contributed by atoms with Crippen molar-refractivity contribution in [2.24, 2.45) is 0 Å². The molecule has 1 aromatic carbocycles. The number of nitrogens with one attached hydrogen (secondary N) is 1. The van der Waals surface area contributed by atoms with E-state index in [-0.39, 0.29) is 11.7 Å². The second-order valence-electron chi connectivity index (χ2n) is 5.07. The highest BCUT2D eigenvalue weighted by molar-refractivity contribution is 7.92. The summed E-state index contributed by atoms with van der Waals surface area (Å²) >= 11 is 1.38. The quantitative estimate of drug-likeness (QED) is 0.937. The minimum Gasteiger partial charge on any atom is -0.321 e. The van der Waals surface area contributed by atoms with Gasteiger partial charge < -0.3 is 5.32 Å². The van der Waals surface area contributed by atoms with Crippen LogP contribution in [0.15, 0.2) is 41.8 Å². The Balaban J connectivity index is 1.74. The molecule has 116 valence electrons. The Bertz CT molecular complexity index is 753. The third-order valence-corrected chi connectivity index (χ3v) is 6.25. The van der Waals surface area contributed by atoms with Gasteiger partial charge in [-0.15, -0.1) is 11.3 Å². The van der Waals surface area contributed by atoms with E-state index in [9.17, 15) is 13.2 Å². The molecular formula is C15H16N2O3S2. The molecule has 0 aliphatic carbocycles. The average Bonchev–Trinajstić information content (AvgIpc) is 3.02. The molecule has 1 aromatic heterocycles. The maximum Gasteiger partial charge on any atom is 0.265 e. The molecule has 0 radical (unpaired) electrons. The third-order valence-electron chi connectivity index (χ3n) is 3.51. The van der Waals surface area contributed by atoms with Crippen LogP contribution in [0.25, 0.3) is 0 Å². The zero-order valence-electron chi connectivity index (χ0n) is 11.9. The van der Waals surface area contributed by atoms with Crippen LogP contribution in [-0.4, -0.2) is 26.6 Å². The van der Waals surface area contributed by atoms with E-state index in [0.29, 0.717) is 29.2 Å². The second-order valence-corrected chi connectivity index (χ2v) is 8.03. The van der Waals surface area contributed by atoms with Crippen molar-refractivity contribution in [3.63, 3.8) is 0 Å². The van der Waals surface area contributed by atoms with Crippen molar-refractivity contribution >= 4 is 38.6 Å². The molecule has 0 unspecified atom stereocenters. The zero-order chi connectivity index (χ0) is 15.6. The van der Waals surface area contributed by atoms with Gasteiger partial charge in [0, 0.05) is 12.2 Å². The van der Waals surface area contributed by atoms with Gasteiger partial charge in [0.05, 0.1) is 16.3 Å². The summed E-state index contributed by atoms with van der Waals surface area (Å²) in [5.74, 6) is 0.0393. The minimum atomic E-state index is -3.20. The molecule has 1 fully saturated rings. The Hall–Kier alpha value is -1.86. The van der Waals surface area contributed by atoms with Crippen LogP contribution in [0.3, 0.4) is 0 Å². The van der Waals surface area contributed by atoms with E-state index in [1.165, 1.54) is 15.6 Å². The van der Waals surface area contributed by atoms with E-state index in [0.717, 1.165) is 6.42 Å². The summed E-state index contributed by atoms with van der Waals surface area (Å²) in [5.41, 5.74) is 1.30. The molecule has 3 rings (SSSR count). The molecule has 5 nitrogen and oxygen atoms in total. The van der Waals surface area contributed by atoms with Crippen molar-refractivity contribution in [3.8, 4) is 0 Å². The number of nitrogens with zero attached hydrogens (tertiary/aromatic N) is 1. The van der Waals surface area contributed by atoms with Crippen molar-refractivity contribution in [3.05, 3.63) is 46.7 Å². The van der Waals surface area contributed by atoms with Crippen LogP contribution in [0.5, 0.6) is 0 Å². The smallest absolute Gasteiger partial charge is 0.265 e. The number of sulfonamides is 1. The van der Waals surface area contributed by atoms with Crippen LogP contribution in [0, 0.1) is 0 Å². The molecule has 1 saturated heterocycles. The van der Waals surface area contributed by atoms with Gasteiger partial charge >= 0.3 is 0 Å². The molecule has 1 amide bonds. The molecule has 0 bridgehead atoms. The highest BCUT2D eigenvalue weighted by Gasteiger charge is 2.25. The molecule has 1 aliphatic rings. The summed E-state index contributed by atoms with van der Waals surface area (Å²) in [6, 6.07) is 10.5. The fraction of sp³-hybridized carbons (Fsp3) is 0.267. The summed E-state index contributed by atoms with van der Waals surface area (Å²) in [4.78, 5) is 12.6. The lowest BCUT2D eigenvalue weighted by molar-refractivity contribution is 0.103. The van der Waals surface area contributed by atoms with Crippen molar-refractivity contribution < 1.29 is 13.2 Å². The molecule has 0 spiro atoms. The first-order chi connectivity index (χ1) is 10.6. The van der Waals surface area contributed by atoms with Gasteiger partial charge in [-0.2, -0.15) is 0 Å². The number of anilines is 2. The van der Waals surface area contributed by atoms with Crippen molar-refractivity contribution in [2.75, 3.05) is 21.9 Å². The van der Waals surface area contributed by atoms with Crippen LogP contribution in [0.2, 0.25) is 0 Å². The van der Waals surface area contributed by atoms with Gasteiger partial charge in [-0.25, -0.2) is 8.42 Å². The molecular weight excluding hydrogens is 320 g/mol. The first-order valence-corrected chi connectivity index (χ1v) is 9.50. The van der Waals surface area contributed by atoms with E-state index in [1.807, 2.05) is 11.4 Å². The van der Waals surface area contributed by atoms with Gasteiger partial charge in [-0.1, -0.05) is 6.07 Å². The third kappa shape index (κ3) is 3.15. The number of amides is 1. The summed E-state index contributed by atoms with van der Waals surface area (Å²) in [5, 5.41) is 4.65. The fourth-order valence-corrected chi connectivity index (χ4v) is 4.65. The Kier molecular flexibility index (Phi) is 4.17. The molecule has 1 aliphatic heterocycles. The lowest BCUT2D eigenvalue weighted by Crippen LogP contribution is -2.37. The Morgan fingerprint density at radius 3 is 2.55 bits per heavy atom. The van der Waals surface area contributed by atoms with Crippen LogP contribution < -0.4 is 9.62 Å². The van der Waals surface area contributed by atoms with E-state index in [4.69, 9.17) is 0 Å². The molecule has 0 saturated carbocycles. The minimum absolute atomic E-state index is 0.159. The van der Waals surface area contributed by atoms with Gasteiger partial charge in [0.1, 0.15) is 0 Å². The summed E-state index contributed by atoms with van der Waals surface area (Å²) in [6.07, 6.45) is 1.59. The Morgan fingerprint density at radius 2 is 1.91 bits per heavy atom. The van der Waals surface area contributed by atoms with Crippen LogP contribution >= 0.6 is 11.3 Å². The molecule has 2 heterocycles. The van der Waals surface area contributed by atoms with Gasteiger partial charge in [0.2, 0.25) is 10.0 Å². The van der Waals surface area contributed by atoms with Gasteiger partial charge in [0.15, 0.2) is 0 Å². The molecule has 1 N–H and O–H groups in total. The van der Waals surface area contributed by atoms with E-state index in [2.05, 4.69) is 5.32 Å². The monoisotopic (exact) mass is 336 g/mol. The number of carbonyl (C=O) groups is 1. The first-order valence-electron chi connectivity index (χ1n) is 7.02. The zero-order valence-corrected chi connectivity index (χ0v) is 13.5. The fourth-order valence-electron chi connectivity index (χ4n) is 2.39. The molecule has 2 aromatic rings. The number of hydrogen-bond donors (Lipinski definition) is 1. The van der Waals surface area contributed by atoms with Crippen molar-refractivity contribution in [1.82, 2.24) is 0 Å². The topological polar surface area (TPSA) is 66.5 Å². The Morgan fingerprint density at radius 1 is 1.14 bits per heavy atom. The highest BCUT2D eigenvalue weighted by atomic mass is 32.2. The highest BCUT2D eigenvalue weighted by Crippen LogP contribution is 2.25. The predicted molar refractivity (Wildman–Crippen MR) is 89.1 cm³/mol. The van der Waals surface area contributed by atoms with Crippen LogP contribution in [0.4, 0.5) is 11.4 Å². The van der Waals surface area contributed by atoms with Crippen molar-refractivity contribution in [2.45, 2.75) is 12.8 Å². The van der Waals surface area contributed by atoms with Gasteiger partial charge in [0.25, 0.3) is 5.91 Å². The molecule has 22 heavy (non-hydrogen) atoms. The molecule has 0 atom stereocenters. The van der Waals surface area contributed by atoms with Gasteiger partial charge in [-0.05, 0) is 48.6 Å². The lowest BCUT2D eigenvalue weighted by atomic mass is 10.2. The SMILES string of the molecule is O=C(Nc1ccc(N2CCCCS2(=O)=O)cc1)c1cccs1. The van der Waals surface area contributed by atoms with Crippen molar-refractivity contribution in [1.29, 1.82) is 0 Å². The number of benzene rings is 1. The van der Waals surface area contributed by atoms with Crippen LogP contribution in [-0.2, 0) is 10.0 Å². The number of carbonyl (C=O) groups excluding carboxylic acids is 1. The second kappa shape index (κ2) is 6.10. The average molecular weight is 336 g/mol. The molecule has 7 heteroatoms. The van der Waals surface area contributed by atoms with E-state index < -0.39 is 10.0 Å². The van der Waals surface area contributed by atoms with Gasteiger partial charge in [-0.3, -0.25) is 9.10 Å². The van der Waals surface area contributed by atoms with E-state index in [1.54, 1.807) is 30.3 Å². The normalized spacial score (nSPS) is 17.2. The number of thiophene rings is 1. The first kappa shape index (κ1) is 15.1. The number of rotatable bonds is 3.